The van der Waals surface area contributed by atoms with Crippen LogP contribution in [0.25, 0.3) is 55.3 Å². The SMILES string of the molecule is c1ccc(-c2ccc(-c3ccc(N(c4ccccc4)c4cc(-c5ccccc5)cc5c4oc4ccccc45)cc3)cc2)cc1. The van der Waals surface area contributed by atoms with Gasteiger partial charge in [0.15, 0.2) is 5.58 Å². The minimum atomic E-state index is 0.871. The quantitative estimate of drug-likeness (QED) is 0.200. The highest BCUT2D eigenvalue weighted by molar-refractivity contribution is 6.12. The topological polar surface area (TPSA) is 16.4 Å². The van der Waals surface area contributed by atoms with Crippen LogP contribution in [0.5, 0.6) is 0 Å². The molecule has 0 unspecified atom stereocenters. The van der Waals surface area contributed by atoms with E-state index in [1.807, 2.05) is 12.1 Å². The zero-order chi connectivity index (χ0) is 29.3. The Bertz CT molecular complexity index is 2180. The second-order valence-electron chi connectivity index (χ2n) is 11.0. The fourth-order valence-electron chi connectivity index (χ4n) is 6.07. The van der Waals surface area contributed by atoms with Crippen LogP contribution in [0, 0.1) is 0 Å². The van der Waals surface area contributed by atoms with Crippen LogP contribution in [0.1, 0.15) is 0 Å². The molecular weight excluding hydrogens is 534 g/mol. The Morgan fingerprint density at radius 1 is 0.341 bits per heavy atom. The molecule has 0 aliphatic rings. The molecule has 0 aliphatic carbocycles. The Hall–Kier alpha value is -5.86. The van der Waals surface area contributed by atoms with Gasteiger partial charge in [-0.3, -0.25) is 0 Å². The lowest BCUT2D eigenvalue weighted by molar-refractivity contribution is 0.669. The summed E-state index contributed by atoms with van der Waals surface area (Å²) < 4.78 is 6.60. The Kier molecular flexibility index (Phi) is 6.51. The van der Waals surface area contributed by atoms with E-state index in [0.717, 1.165) is 44.6 Å². The largest absolute Gasteiger partial charge is 0.454 e. The van der Waals surface area contributed by atoms with Gasteiger partial charge in [0.05, 0.1) is 5.69 Å². The van der Waals surface area contributed by atoms with E-state index >= 15 is 0 Å². The van der Waals surface area contributed by atoms with E-state index in [-0.39, 0.29) is 0 Å². The standard InChI is InChI=1S/C42H29NO/c1-4-12-30(13-5-1)32-20-22-33(23-21-32)34-24-26-37(27-25-34)43(36-16-8-3-9-17-36)40-29-35(31-14-6-2-7-15-31)28-39-38-18-10-11-19-41(38)44-42(39)40/h1-29H. The second kappa shape index (κ2) is 11.1. The molecule has 1 heterocycles. The molecule has 1 aromatic heterocycles. The molecule has 44 heavy (non-hydrogen) atoms. The summed E-state index contributed by atoms with van der Waals surface area (Å²) in [6, 6.07) is 62.0. The molecule has 0 atom stereocenters. The third-order valence-corrected chi connectivity index (χ3v) is 8.27. The number of hydrogen-bond donors (Lipinski definition) is 0. The molecule has 0 fully saturated rings. The molecule has 208 valence electrons. The number of para-hydroxylation sites is 2. The van der Waals surface area contributed by atoms with Crippen LogP contribution < -0.4 is 4.90 Å². The van der Waals surface area contributed by atoms with Crippen molar-refractivity contribution in [3.05, 3.63) is 176 Å². The molecule has 0 radical (unpaired) electrons. The van der Waals surface area contributed by atoms with Gasteiger partial charge in [-0.15, -0.1) is 0 Å². The molecule has 0 saturated heterocycles. The molecule has 0 saturated carbocycles. The van der Waals surface area contributed by atoms with Crippen molar-refractivity contribution in [3.8, 4) is 33.4 Å². The summed E-state index contributed by atoms with van der Waals surface area (Å²) in [7, 11) is 0. The Balaban J connectivity index is 1.27. The van der Waals surface area contributed by atoms with Crippen LogP contribution in [-0.4, -0.2) is 0 Å². The lowest BCUT2D eigenvalue weighted by Crippen LogP contribution is -2.10. The Labute approximate surface area is 257 Å². The van der Waals surface area contributed by atoms with Gasteiger partial charge in [-0.25, -0.2) is 0 Å². The van der Waals surface area contributed by atoms with E-state index in [1.165, 1.54) is 27.8 Å². The van der Waals surface area contributed by atoms with Gasteiger partial charge in [0, 0.05) is 22.1 Å². The van der Waals surface area contributed by atoms with E-state index < -0.39 is 0 Å². The minimum Gasteiger partial charge on any atom is -0.454 e. The summed E-state index contributed by atoms with van der Waals surface area (Å²) in [5, 5.41) is 2.22. The first kappa shape index (κ1) is 25.8. The van der Waals surface area contributed by atoms with E-state index in [9.17, 15) is 0 Å². The van der Waals surface area contributed by atoms with E-state index in [1.54, 1.807) is 0 Å². The number of nitrogens with zero attached hydrogens (tertiary/aromatic N) is 1. The van der Waals surface area contributed by atoms with Crippen LogP contribution in [0.2, 0.25) is 0 Å². The number of fused-ring (bicyclic) bond motifs is 3. The lowest BCUT2D eigenvalue weighted by Gasteiger charge is -2.26. The average Bonchev–Trinajstić information content (AvgIpc) is 3.49. The fourth-order valence-corrected chi connectivity index (χ4v) is 6.07. The first-order valence-corrected chi connectivity index (χ1v) is 14.9. The zero-order valence-electron chi connectivity index (χ0n) is 24.1. The van der Waals surface area contributed by atoms with Crippen molar-refractivity contribution in [3.63, 3.8) is 0 Å². The molecule has 0 aliphatic heterocycles. The molecule has 8 rings (SSSR count). The third kappa shape index (κ3) is 4.73. The van der Waals surface area contributed by atoms with Crippen LogP contribution in [0.3, 0.4) is 0 Å². The lowest BCUT2D eigenvalue weighted by atomic mass is 9.99. The van der Waals surface area contributed by atoms with Crippen molar-refractivity contribution in [1.29, 1.82) is 0 Å². The average molecular weight is 564 g/mol. The maximum atomic E-state index is 6.60. The summed E-state index contributed by atoms with van der Waals surface area (Å²) in [5.74, 6) is 0. The molecule has 7 aromatic carbocycles. The van der Waals surface area contributed by atoms with Gasteiger partial charge in [0.1, 0.15) is 5.58 Å². The van der Waals surface area contributed by atoms with Gasteiger partial charge in [-0.1, -0.05) is 133 Å². The summed E-state index contributed by atoms with van der Waals surface area (Å²) in [5.41, 5.74) is 12.0. The number of furan rings is 1. The molecule has 8 aromatic rings. The van der Waals surface area contributed by atoms with Crippen molar-refractivity contribution >= 4 is 39.0 Å². The van der Waals surface area contributed by atoms with Crippen LogP contribution in [0.15, 0.2) is 180 Å². The molecule has 0 spiro atoms. The number of rotatable bonds is 6. The smallest absolute Gasteiger partial charge is 0.159 e. The summed E-state index contributed by atoms with van der Waals surface area (Å²) >= 11 is 0. The van der Waals surface area contributed by atoms with Gasteiger partial charge in [0.25, 0.3) is 0 Å². The molecule has 2 heteroatoms. The Morgan fingerprint density at radius 2 is 0.795 bits per heavy atom. The summed E-state index contributed by atoms with van der Waals surface area (Å²) in [4.78, 5) is 2.30. The predicted molar refractivity (Wildman–Crippen MR) is 185 cm³/mol. The van der Waals surface area contributed by atoms with E-state index in [0.29, 0.717) is 0 Å². The van der Waals surface area contributed by atoms with Gasteiger partial charge in [-0.2, -0.15) is 0 Å². The maximum Gasteiger partial charge on any atom is 0.159 e. The molecule has 0 bridgehead atoms. The highest BCUT2D eigenvalue weighted by Crippen LogP contribution is 2.44. The normalized spacial score (nSPS) is 11.2. The van der Waals surface area contributed by atoms with E-state index in [2.05, 4.69) is 169 Å². The van der Waals surface area contributed by atoms with Crippen LogP contribution in [-0.2, 0) is 0 Å². The van der Waals surface area contributed by atoms with E-state index in [4.69, 9.17) is 4.42 Å². The maximum absolute atomic E-state index is 6.60. The zero-order valence-corrected chi connectivity index (χ0v) is 24.1. The number of hydrogen-bond acceptors (Lipinski definition) is 2. The Morgan fingerprint density at radius 3 is 1.41 bits per heavy atom. The van der Waals surface area contributed by atoms with Gasteiger partial charge in [0.2, 0.25) is 0 Å². The van der Waals surface area contributed by atoms with Gasteiger partial charge in [-0.05, 0) is 75.8 Å². The molecule has 2 nitrogen and oxygen atoms in total. The first-order valence-electron chi connectivity index (χ1n) is 14.9. The van der Waals surface area contributed by atoms with Crippen LogP contribution in [0.4, 0.5) is 17.1 Å². The second-order valence-corrected chi connectivity index (χ2v) is 11.0. The highest BCUT2D eigenvalue weighted by Gasteiger charge is 2.21. The van der Waals surface area contributed by atoms with Crippen molar-refractivity contribution in [2.45, 2.75) is 0 Å². The van der Waals surface area contributed by atoms with Crippen molar-refractivity contribution in [1.82, 2.24) is 0 Å². The third-order valence-electron chi connectivity index (χ3n) is 8.27. The van der Waals surface area contributed by atoms with Crippen molar-refractivity contribution in [2.24, 2.45) is 0 Å². The highest BCUT2D eigenvalue weighted by atomic mass is 16.3. The summed E-state index contributed by atoms with van der Waals surface area (Å²) in [6.07, 6.45) is 0. The molecule has 0 amide bonds. The monoisotopic (exact) mass is 563 g/mol. The van der Waals surface area contributed by atoms with Crippen molar-refractivity contribution in [2.75, 3.05) is 4.90 Å². The number of anilines is 3. The molecular formula is C42H29NO. The minimum absolute atomic E-state index is 0.871. The number of benzene rings is 7. The van der Waals surface area contributed by atoms with Gasteiger partial charge >= 0.3 is 0 Å². The van der Waals surface area contributed by atoms with Crippen LogP contribution >= 0.6 is 0 Å². The first-order chi connectivity index (χ1) is 21.8. The predicted octanol–water partition coefficient (Wildman–Crippen LogP) is 12.1. The van der Waals surface area contributed by atoms with Crippen molar-refractivity contribution < 1.29 is 4.42 Å². The summed E-state index contributed by atoms with van der Waals surface area (Å²) in [6.45, 7) is 0. The molecule has 0 N–H and O–H groups in total. The fraction of sp³-hybridized carbons (Fsp3) is 0. The van der Waals surface area contributed by atoms with Gasteiger partial charge < -0.3 is 9.32 Å².